The van der Waals surface area contributed by atoms with Crippen molar-refractivity contribution < 1.29 is 4.79 Å². The van der Waals surface area contributed by atoms with Crippen molar-refractivity contribution in [3.05, 3.63) is 69.7 Å². The van der Waals surface area contributed by atoms with E-state index in [9.17, 15) is 10.1 Å². The van der Waals surface area contributed by atoms with Gasteiger partial charge in [-0.1, -0.05) is 47.5 Å². The molecule has 2 rings (SSSR count). The molecule has 0 heterocycles. The van der Waals surface area contributed by atoms with Crippen molar-refractivity contribution in [2.24, 2.45) is 0 Å². The molecule has 0 aromatic heterocycles. The number of nitriles is 1. The summed E-state index contributed by atoms with van der Waals surface area (Å²) in [5.41, 5.74) is 1.20. The maximum absolute atomic E-state index is 12.0. The number of nitrogens with one attached hydrogen (secondary N) is 1. The lowest BCUT2D eigenvalue weighted by Crippen LogP contribution is -2.28. The first-order valence-corrected chi connectivity index (χ1v) is 7.05. The van der Waals surface area contributed by atoms with Gasteiger partial charge >= 0.3 is 0 Å². The molecule has 2 aromatic rings. The van der Waals surface area contributed by atoms with Crippen LogP contribution >= 0.6 is 23.2 Å². The normalized spacial score (nSPS) is 11.5. The number of carbonyl (C=O) groups excluding carboxylic acids is 1. The van der Waals surface area contributed by atoms with Gasteiger partial charge in [0, 0.05) is 22.2 Å². The van der Waals surface area contributed by atoms with E-state index in [0.717, 1.165) is 0 Å². The Morgan fingerprint density at radius 1 is 1.19 bits per heavy atom. The number of carbonyl (C=O) groups is 1. The zero-order valence-corrected chi connectivity index (χ0v) is 12.5. The fourth-order valence-corrected chi connectivity index (χ4v) is 2.44. The van der Waals surface area contributed by atoms with Crippen LogP contribution in [0.25, 0.3) is 0 Å². The minimum absolute atomic E-state index is 0.186. The molecule has 0 bridgehead atoms. The first-order valence-electron chi connectivity index (χ1n) is 6.29. The summed E-state index contributed by atoms with van der Waals surface area (Å²) in [6.45, 7) is 0.186. The number of halogens is 2. The monoisotopic (exact) mass is 318 g/mol. The van der Waals surface area contributed by atoms with Crippen molar-refractivity contribution in [1.82, 2.24) is 5.32 Å². The zero-order chi connectivity index (χ0) is 15.2. The van der Waals surface area contributed by atoms with Crippen molar-refractivity contribution in [2.75, 3.05) is 6.54 Å². The molecule has 106 valence electrons. The lowest BCUT2D eigenvalue weighted by Gasteiger charge is -2.13. The van der Waals surface area contributed by atoms with Crippen molar-refractivity contribution >= 4 is 29.1 Å². The maximum Gasteiger partial charge on any atom is 0.251 e. The van der Waals surface area contributed by atoms with Gasteiger partial charge in [-0.2, -0.15) is 5.26 Å². The van der Waals surface area contributed by atoms with E-state index in [2.05, 4.69) is 11.4 Å². The van der Waals surface area contributed by atoms with E-state index >= 15 is 0 Å². The van der Waals surface area contributed by atoms with Gasteiger partial charge in [-0.15, -0.1) is 0 Å². The SMILES string of the molecule is N#CC(CNC(=O)c1ccccc1)c1ccc(Cl)cc1Cl. The average Bonchev–Trinajstić information content (AvgIpc) is 2.50. The average molecular weight is 319 g/mol. The molecule has 0 aliphatic carbocycles. The molecular formula is C16H12Cl2N2O. The van der Waals surface area contributed by atoms with Crippen LogP contribution in [0.2, 0.25) is 10.0 Å². The Labute approximate surface area is 133 Å². The molecule has 0 spiro atoms. The van der Waals surface area contributed by atoms with Crippen LogP contribution in [0.15, 0.2) is 48.5 Å². The Bertz CT molecular complexity index is 680. The molecule has 1 amide bonds. The van der Waals surface area contributed by atoms with Crippen LogP contribution in [0.3, 0.4) is 0 Å². The van der Waals surface area contributed by atoms with Crippen LogP contribution in [0.5, 0.6) is 0 Å². The minimum atomic E-state index is -0.526. The Kier molecular flexibility index (Phi) is 5.21. The summed E-state index contributed by atoms with van der Waals surface area (Å²) in [6, 6.07) is 15.9. The summed E-state index contributed by atoms with van der Waals surface area (Å²) in [4.78, 5) is 12.0. The largest absolute Gasteiger partial charge is 0.350 e. The fourth-order valence-electron chi connectivity index (χ4n) is 1.90. The predicted octanol–water partition coefficient (Wildman–Crippen LogP) is 4.03. The molecule has 0 radical (unpaired) electrons. The number of benzene rings is 2. The van der Waals surface area contributed by atoms with E-state index in [-0.39, 0.29) is 12.5 Å². The Morgan fingerprint density at radius 2 is 1.90 bits per heavy atom. The highest BCUT2D eigenvalue weighted by molar-refractivity contribution is 6.35. The molecule has 0 saturated carbocycles. The van der Waals surface area contributed by atoms with Gasteiger partial charge in [0.05, 0.1) is 12.0 Å². The lowest BCUT2D eigenvalue weighted by molar-refractivity contribution is 0.0953. The Morgan fingerprint density at radius 3 is 2.52 bits per heavy atom. The van der Waals surface area contributed by atoms with Gasteiger partial charge in [0.1, 0.15) is 0 Å². The van der Waals surface area contributed by atoms with E-state index in [1.165, 1.54) is 0 Å². The number of hydrogen-bond donors (Lipinski definition) is 1. The number of hydrogen-bond acceptors (Lipinski definition) is 2. The highest BCUT2D eigenvalue weighted by Crippen LogP contribution is 2.27. The van der Waals surface area contributed by atoms with Crippen molar-refractivity contribution in [3.63, 3.8) is 0 Å². The summed E-state index contributed by atoms with van der Waals surface area (Å²) in [7, 11) is 0. The third-order valence-corrected chi connectivity index (χ3v) is 3.56. The van der Waals surface area contributed by atoms with E-state index in [0.29, 0.717) is 21.2 Å². The van der Waals surface area contributed by atoms with Crippen LogP contribution in [0.4, 0.5) is 0 Å². The molecular weight excluding hydrogens is 307 g/mol. The van der Waals surface area contributed by atoms with Crippen molar-refractivity contribution in [1.29, 1.82) is 5.26 Å². The van der Waals surface area contributed by atoms with Gasteiger partial charge in [-0.3, -0.25) is 4.79 Å². The number of nitrogens with zero attached hydrogens (tertiary/aromatic N) is 1. The second-order valence-corrected chi connectivity index (χ2v) is 5.27. The fraction of sp³-hybridized carbons (Fsp3) is 0.125. The molecule has 5 heteroatoms. The Balaban J connectivity index is 2.07. The summed E-state index contributed by atoms with van der Waals surface area (Å²) in [5.74, 6) is -0.747. The molecule has 1 unspecified atom stereocenters. The second-order valence-electron chi connectivity index (χ2n) is 4.42. The summed E-state index contributed by atoms with van der Waals surface area (Å²) in [5, 5.41) is 12.9. The predicted molar refractivity (Wildman–Crippen MR) is 83.6 cm³/mol. The van der Waals surface area contributed by atoms with Gasteiger partial charge in [0.15, 0.2) is 0 Å². The highest BCUT2D eigenvalue weighted by atomic mass is 35.5. The van der Waals surface area contributed by atoms with Crippen molar-refractivity contribution in [3.8, 4) is 6.07 Å². The van der Waals surface area contributed by atoms with Crippen LogP contribution in [0.1, 0.15) is 21.8 Å². The number of amides is 1. The zero-order valence-electron chi connectivity index (χ0n) is 11.0. The van der Waals surface area contributed by atoms with E-state index in [4.69, 9.17) is 23.2 Å². The van der Waals surface area contributed by atoms with Crippen LogP contribution in [-0.4, -0.2) is 12.5 Å². The van der Waals surface area contributed by atoms with Crippen molar-refractivity contribution in [2.45, 2.75) is 5.92 Å². The van der Waals surface area contributed by atoms with E-state index in [1.54, 1.807) is 42.5 Å². The highest BCUT2D eigenvalue weighted by Gasteiger charge is 2.16. The molecule has 3 nitrogen and oxygen atoms in total. The molecule has 0 aliphatic rings. The third kappa shape index (κ3) is 3.98. The molecule has 2 aromatic carbocycles. The Hall–Kier alpha value is -2.02. The van der Waals surface area contributed by atoms with E-state index < -0.39 is 5.92 Å². The molecule has 1 atom stereocenters. The van der Waals surface area contributed by atoms with Gasteiger partial charge in [-0.05, 0) is 29.8 Å². The first kappa shape index (κ1) is 15.4. The topological polar surface area (TPSA) is 52.9 Å². The first-order chi connectivity index (χ1) is 10.1. The van der Waals surface area contributed by atoms with Crippen LogP contribution < -0.4 is 5.32 Å². The van der Waals surface area contributed by atoms with E-state index in [1.807, 2.05) is 6.07 Å². The number of rotatable bonds is 4. The maximum atomic E-state index is 12.0. The summed E-state index contributed by atoms with van der Waals surface area (Å²) in [6.07, 6.45) is 0. The van der Waals surface area contributed by atoms with Gasteiger partial charge in [0.2, 0.25) is 0 Å². The minimum Gasteiger partial charge on any atom is -0.350 e. The smallest absolute Gasteiger partial charge is 0.251 e. The quantitative estimate of drug-likeness (QED) is 0.925. The van der Waals surface area contributed by atoms with Crippen LogP contribution in [-0.2, 0) is 0 Å². The third-order valence-electron chi connectivity index (χ3n) is 3.00. The molecule has 0 saturated heterocycles. The second kappa shape index (κ2) is 7.12. The molecule has 0 aliphatic heterocycles. The van der Waals surface area contributed by atoms with Gasteiger partial charge in [-0.25, -0.2) is 0 Å². The van der Waals surface area contributed by atoms with Gasteiger partial charge < -0.3 is 5.32 Å². The lowest BCUT2D eigenvalue weighted by atomic mass is 10.0. The molecule has 0 fully saturated rings. The van der Waals surface area contributed by atoms with Crippen LogP contribution in [0, 0.1) is 11.3 Å². The standard InChI is InChI=1S/C16H12Cl2N2O/c17-13-6-7-14(15(18)8-13)12(9-19)10-20-16(21)11-4-2-1-3-5-11/h1-8,12H,10H2,(H,20,21). The molecule has 21 heavy (non-hydrogen) atoms. The van der Waals surface area contributed by atoms with Gasteiger partial charge in [0.25, 0.3) is 5.91 Å². The summed E-state index contributed by atoms with van der Waals surface area (Å²) < 4.78 is 0. The molecule has 1 N–H and O–H groups in total. The summed E-state index contributed by atoms with van der Waals surface area (Å²) >= 11 is 11.9.